The fourth-order valence-electron chi connectivity index (χ4n) is 0.745. The van der Waals surface area contributed by atoms with Gasteiger partial charge in [-0.2, -0.15) is 0 Å². The van der Waals surface area contributed by atoms with Crippen molar-refractivity contribution in [3.63, 3.8) is 0 Å². The Morgan fingerprint density at radius 1 is 1.08 bits per heavy atom. The van der Waals surface area contributed by atoms with Gasteiger partial charge in [0.15, 0.2) is 0 Å². The largest absolute Gasteiger partial charge is 0.273 e. The summed E-state index contributed by atoms with van der Waals surface area (Å²) in [5, 5.41) is 0. The fourth-order valence-corrected chi connectivity index (χ4v) is 3.71. The van der Waals surface area contributed by atoms with E-state index in [4.69, 9.17) is 0 Å². The molecule has 0 fully saturated rings. The molecule has 78 valence electrons. The van der Waals surface area contributed by atoms with Crippen molar-refractivity contribution >= 4 is 26.0 Å². The van der Waals surface area contributed by atoms with E-state index >= 15 is 0 Å². The minimum atomic E-state index is -4.04. The van der Waals surface area contributed by atoms with Crippen LogP contribution in [0, 0.1) is 0 Å². The molecule has 13 heavy (non-hydrogen) atoms. The average Bonchev–Trinajstić information content (AvgIpc) is 1.80. The number of carbonyl (C=O) groups excluding carboxylic acids is 1. The summed E-state index contributed by atoms with van der Waals surface area (Å²) in [6.07, 6.45) is 1.16. The summed E-state index contributed by atoms with van der Waals surface area (Å²) in [6, 6.07) is 0. The highest BCUT2D eigenvalue weighted by molar-refractivity contribution is 8.04. The van der Waals surface area contributed by atoms with E-state index in [2.05, 4.69) is 0 Å². The molecule has 0 bridgehead atoms. The number of hydrogen-bond donors (Lipinski definition) is 0. The molecule has 0 aliphatic carbocycles. The molecule has 0 unspecified atom stereocenters. The third-order valence-electron chi connectivity index (χ3n) is 1.11. The van der Waals surface area contributed by atoms with Gasteiger partial charge >= 0.3 is 0 Å². The van der Waals surface area contributed by atoms with Crippen molar-refractivity contribution in [2.45, 2.75) is 13.3 Å². The molecule has 0 aromatic carbocycles. The second kappa shape index (κ2) is 3.62. The first kappa shape index (κ1) is 12.4. The fraction of sp³-hybridized carbons (Fsp3) is 0.800. The number of carbonyl (C=O) groups is 1. The third kappa shape index (κ3) is 3.31. The highest BCUT2D eigenvalue weighted by atomic mass is 32.3. The zero-order valence-electron chi connectivity index (χ0n) is 7.51. The number of amides is 1. The van der Waals surface area contributed by atoms with Gasteiger partial charge in [-0.3, -0.25) is 4.79 Å². The van der Waals surface area contributed by atoms with Crippen LogP contribution >= 0.6 is 0 Å². The molecule has 0 saturated heterocycles. The lowest BCUT2D eigenvalue weighted by Crippen LogP contribution is -2.39. The number of nitrogens with zero attached hydrogens (tertiary/aromatic N) is 1. The van der Waals surface area contributed by atoms with Crippen molar-refractivity contribution in [1.29, 1.82) is 0 Å². The van der Waals surface area contributed by atoms with Crippen LogP contribution in [0.1, 0.15) is 13.3 Å². The van der Waals surface area contributed by atoms with Gasteiger partial charge in [-0.25, -0.2) is 16.8 Å². The molecular formula is C5H11NO5S2. The van der Waals surface area contributed by atoms with Crippen molar-refractivity contribution in [2.75, 3.05) is 12.5 Å². The first-order valence-corrected chi connectivity index (χ1v) is 7.03. The summed E-state index contributed by atoms with van der Waals surface area (Å²) in [6.45, 7) is 1.38. The Balaban J connectivity index is 5.40. The van der Waals surface area contributed by atoms with Crippen LogP contribution in [0.25, 0.3) is 0 Å². The molecule has 0 radical (unpaired) electrons. The molecule has 0 aliphatic rings. The maximum atomic E-state index is 11.0. The summed E-state index contributed by atoms with van der Waals surface area (Å²) < 4.78 is 43.5. The third-order valence-corrected chi connectivity index (χ3v) is 4.35. The van der Waals surface area contributed by atoms with Crippen molar-refractivity contribution in [3.8, 4) is 0 Å². The zero-order valence-corrected chi connectivity index (χ0v) is 9.15. The summed E-state index contributed by atoms with van der Waals surface area (Å²) in [5.74, 6) is -0.954. The smallest absolute Gasteiger partial charge is 0.249 e. The van der Waals surface area contributed by atoms with E-state index in [0.717, 1.165) is 0 Å². The van der Waals surface area contributed by atoms with Crippen molar-refractivity contribution in [2.24, 2.45) is 0 Å². The van der Waals surface area contributed by atoms with E-state index < -0.39 is 26.0 Å². The van der Waals surface area contributed by atoms with E-state index in [1.165, 1.54) is 6.92 Å². The molecule has 0 aromatic heterocycles. The van der Waals surface area contributed by atoms with Gasteiger partial charge in [-0.15, -0.1) is 3.71 Å². The van der Waals surface area contributed by atoms with E-state index in [1.54, 1.807) is 0 Å². The van der Waals surface area contributed by atoms with Gasteiger partial charge in [-0.05, 0) is 0 Å². The number of rotatable bonds is 3. The summed E-state index contributed by atoms with van der Waals surface area (Å²) in [7, 11) is -8.08. The van der Waals surface area contributed by atoms with Crippen LogP contribution in [0.4, 0.5) is 0 Å². The molecule has 8 heteroatoms. The molecule has 0 rings (SSSR count). The van der Waals surface area contributed by atoms with E-state index in [9.17, 15) is 21.6 Å². The zero-order chi connectivity index (χ0) is 10.9. The molecule has 0 aromatic rings. The molecule has 0 atom stereocenters. The van der Waals surface area contributed by atoms with Crippen LogP contribution < -0.4 is 0 Å². The SMILES string of the molecule is CCC(=O)N(S(C)(=O)=O)S(C)(=O)=O. The molecular weight excluding hydrogens is 218 g/mol. The van der Waals surface area contributed by atoms with E-state index in [0.29, 0.717) is 12.5 Å². The molecule has 1 amide bonds. The van der Waals surface area contributed by atoms with Crippen molar-refractivity contribution < 1.29 is 21.6 Å². The second-order valence-corrected chi connectivity index (χ2v) is 6.36. The Bertz CT molecular complexity index is 361. The lowest BCUT2D eigenvalue weighted by Gasteiger charge is -2.16. The maximum Gasteiger partial charge on any atom is 0.249 e. The van der Waals surface area contributed by atoms with Gasteiger partial charge < -0.3 is 0 Å². The van der Waals surface area contributed by atoms with Crippen molar-refractivity contribution in [1.82, 2.24) is 3.71 Å². The predicted octanol–water partition coefficient (Wildman–Crippen LogP) is -0.856. The maximum absolute atomic E-state index is 11.0. The van der Waals surface area contributed by atoms with Crippen LogP contribution in [-0.4, -0.2) is 39.0 Å². The van der Waals surface area contributed by atoms with Crippen LogP contribution in [-0.2, 0) is 24.8 Å². The molecule has 0 spiro atoms. The molecule has 6 nitrogen and oxygen atoms in total. The standard InChI is InChI=1S/C5H11NO5S2/c1-4-5(7)6(12(2,8)9)13(3,10)11/h4H2,1-3H3. The van der Waals surface area contributed by atoms with Crippen LogP contribution in [0.15, 0.2) is 0 Å². The Labute approximate surface area is 77.6 Å². The molecule has 0 aliphatic heterocycles. The Morgan fingerprint density at radius 2 is 1.38 bits per heavy atom. The Hall–Kier alpha value is -0.630. The van der Waals surface area contributed by atoms with Gasteiger partial charge in [0.1, 0.15) is 0 Å². The van der Waals surface area contributed by atoms with E-state index in [-0.39, 0.29) is 10.1 Å². The predicted molar refractivity (Wildman–Crippen MR) is 46.8 cm³/mol. The lowest BCUT2D eigenvalue weighted by molar-refractivity contribution is -0.122. The molecule has 0 saturated carbocycles. The first-order chi connectivity index (χ1) is 5.60. The highest BCUT2D eigenvalue weighted by Gasteiger charge is 2.30. The van der Waals surface area contributed by atoms with Gasteiger partial charge in [0, 0.05) is 6.42 Å². The number of sulfonamides is 2. The monoisotopic (exact) mass is 229 g/mol. The Morgan fingerprint density at radius 3 is 1.46 bits per heavy atom. The second-order valence-electron chi connectivity index (χ2n) is 2.47. The van der Waals surface area contributed by atoms with Gasteiger partial charge in [0.05, 0.1) is 12.5 Å². The van der Waals surface area contributed by atoms with E-state index in [1.807, 2.05) is 0 Å². The molecule has 0 heterocycles. The van der Waals surface area contributed by atoms with Gasteiger partial charge in [-0.1, -0.05) is 6.92 Å². The topological polar surface area (TPSA) is 88.6 Å². The summed E-state index contributed by atoms with van der Waals surface area (Å²) in [5.41, 5.74) is 0. The first-order valence-electron chi connectivity index (χ1n) is 3.34. The van der Waals surface area contributed by atoms with Crippen LogP contribution in [0.5, 0.6) is 0 Å². The van der Waals surface area contributed by atoms with Gasteiger partial charge in [0.2, 0.25) is 26.0 Å². The average molecular weight is 229 g/mol. The quantitative estimate of drug-likeness (QED) is 0.628. The lowest BCUT2D eigenvalue weighted by atomic mass is 10.5. The summed E-state index contributed by atoms with van der Waals surface area (Å²) >= 11 is 0. The summed E-state index contributed by atoms with van der Waals surface area (Å²) in [4.78, 5) is 11.0. The number of hydrogen-bond acceptors (Lipinski definition) is 5. The molecule has 0 N–H and O–H groups in total. The van der Waals surface area contributed by atoms with Crippen LogP contribution in [0.2, 0.25) is 0 Å². The van der Waals surface area contributed by atoms with Gasteiger partial charge in [0.25, 0.3) is 0 Å². The van der Waals surface area contributed by atoms with Crippen molar-refractivity contribution in [3.05, 3.63) is 0 Å². The van der Waals surface area contributed by atoms with Crippen LogP contribution in [0.3, 0.4) is 0 Å². The Kier molecular flexibility index (Phi) is 3.45. The normalized spacial score (nSPS) is 12.5. The highest BCUT2D eigenvalue weighted by Crippen LogP contribution is 2.07. The minimum Gasteiger partial charge on any atom is -0.273 e. The minimum absolute atomic E-state index is 0.0972.